The van der Waals surface area contributed by atoms with Gasteiger partial charge in [-0.1, -0.05) is 0 Å². The van der Waals surface area contributed by atoms with Crippen LogP contribution >= 0.6 is 0 Å². The number of amidine groups is 1. The fourth-order valence-electron chi connectivity index (χ4n) is 1.38. The molecule has 0 saturated carbocycles. The largest absolute Gasteiger partial charge is 0.454 e. The molecule has 0 aromatic heterocycles. The predicted molar refractivity (Wildman–Crippen MR) is 48.5 cm³/mol. The third-order valence-corrected chi connectivity index (χ3v) is 2.05. The predicted octanol–water partition coefficient (Wildman–Crippen LogP) is -0.311. The molecule has 0 spiro atoms. The number of hydrogen-bond acceptors (Lipinski definition) is 6. The number of nitrogens with zero attached hydrogens (tertiary/aromatic N) is 1. The Morgan fingerprint density at radius 1 is 1.21 bits per heavy atom. The molecule has 2 aliphatic heterocycles. The Morgan fingerprint density at radius 3 is 3.00 bits per heavy atom. The zero-order valence-electron chi connectivity index (χ0n) is 7.20. The summed E-state index contributed by atoms with van der Waals surface area (Å²) in [5.41, 5.74) is 9.05. The minimum Gasteiger partial charge on any atom is -0.454 e. The van der Waals surface area contributed by atoms with E-state index in [0.29, 0.717) is 0 Å². The quantitative estimate of drug-likeness (QED) is 0.569. The van der Waals surface area contributed by atoms with Crippen LogP contribution in [0.5, 0.6) is 11.5 Å². The van der Waals surface area contributed by atoms with Crippen LogP contribution in [-0.4, -0.2) is 12.6 Å². The SMILES string of the molecule is c1cc2c(cc1C1=NNNN1)OCO2. The molecule has 0 bridgehead atoms. The van der Waals surface area contributed by atoms with Crippen molar-refractivity contribution in [2.45, 2.75) is 0 Å². The Balaban J connectivity index is 2.00. The average molecular weight is 192 g/mol. The number of nitrogens with one attached hydrogen (secondary N) is 3. The number of ether oxygens (including phenoxy) is 2. The van der Waals surface area contributed by atoms with E-state index in [2.05, 4.69) is 21.6 Å². The maximum absolute atomic E-state index is 5.25. The molecular formula is C8H8N4O2. The van der Waals surface area contributed by atoms with Crippen LogP contribution in [0.3, 0.4) is 0 Å². The highest BCUT2D eigenvalue weighted by Gasteiger charge is 2.16. The monoisotopic (exact) mass is 192 g/mol. The first-order valence-corrected chi connectivity index (χ1v) is 4.17. The van der Waals surface area contributed by atoms with Crippen LogP contribution in [0.1, 0.15) is 5.56 Å². The molecule has 1 aromatic carbocycles. The summed E-state index contributed by atoms with van der Waals surface area (Å²) >= 11 is 0. The molecule has 0 amide bonds. The van der Waals surface area contributed by atoms with E-state index in [0.717, 1.165) is 22.9 Å². The second-order valence-electron chi connectivity index (χ2n) is 2.89. The lowest BCUT2D eigenvalue weighted by Gasteiger charge is -2.01. The molecule has 3 N–H and O–H groups in total. The van der Waals surface area contributed by atoms with E-state index in [-0.39, 0.29) is 6.79 Å². The van der Waals surface area contributed by atoms with E-state index in [1.165, 1.54) is 0 Å². The molecule has 6 nitrogen and oxygen atoms in total. The summed E-state index contributed by atoms with van der Waals surface area (Å²) in [5, 5.41) is 3.98. The molecule has 0 radical (unpaired) electrons. The maximum atomic E-state index is 5.25. The van der Waals surface area contributed by atoms with Gasteiger partial charge in [0.05, 0.1) is 0 Å². The Kier molecular flexibility index (Phi) is 1.48. The van der Waals surface area contributed by atoms with Gasteiger partial charge < -0.3 is 9.47 Å². The summed E-state index contributed by atoms with van der Waals surface area (Å²) in [7, 11) is 0. The Labute approximate surface area is 79.8 Å². The minimum absolute atomic E-state index is 0.287. The summed E-state index contributed by atoms with van der Waals surface area (Å²) in [5.74, 6) is 2.25. The molecule has 1 aromatic rings. The molecule has 2 aliphatic rings. The fraction of sp³-hybridized carbons (Fsp3) is 0.125. The van der Waals surface area contributed by atoms with Crippen molar-refractivity contribution in [3.8, 4) is 11.5 Å². The summed E-state index contributed by atoms with van der Waals surface area (Å²) in [6.07, 6.45) is 0. The summed E-state index contributed by atoms with van der Waals surface area (Å²) in [6.45, 7) is 0.287. The normalized spacial score (nSPS) is 17.3. The van der Waals surface area contributed by atoms with E-state index in [1.807, 2.05) is 18.2 Å². The molecule has 0 atom stereocenters. The van der Waals surface area contributed by atoms with Crippen LogP contribution in [0.15, 0.2) is 23.3 Å². The number of hydrazine groups is 2. The lowest BCUT2D eigenvalue weighted by Crippen LogP contribution is -2.35. The highest BCUT2D eigenvalue weighted by molar-refractivity contribution is 5.99. The van der Waals surface area contributed by atoms with Crippen molar-refractivity contribution in [2.24, 2.45) is 5.10 Å². The van der Waals surface area contributed by atoms with Gasteiger partial charge in [-0.05, 0) is 18.2 Å². The molecule has 3 rings (SSSR count). The first-order chi connectivity index (χ1) is 6.93. The van der Waals surface area contributed by atoms with Gasteiger partial charge in [0, 0.05) is 5.56 Å². The summed E-state index contributed by atoms with van der Waals surface area (Å²) in [4.78, 5) is 0. The minimum atomic E-state index is 0.287. The van der Waals surface area contributed by atoms with Gasteiger partial charge in [-0.3, -0.25) is 5.43 Å². The van der Waals surface area contributed by atoms with Crippen LogP contribution in [0.2, 0.25) is 0 Å². The van der Waals surface area contributed by atoms with E-state index in [4.69, 9.17) is 9.47 Å². The van der Waals surface area contributed by atoms with Crippen molar-refractivity contribution in [3.63, 3.8) is 0 Å². The second-order valence-corrected chi connectivity index (χ2v) is 2.89. The number of benzene rings is 1. The van der Waals surface area contributed by atoms with Crippen molar-refractivity contribution in [3.05, 3.63) is 23.8 Å². The molecule has 14 heavy (non-hydrogen) atoms. The molecule has 2 heterocycles. The van der Waals surface area contributed by atoms with Crippen LogP contribution in [0.25, 0.3) is 0 Å². The summed E-state index contributed by atoms with van der Waals surface area (Å²) < 4.78 is 10.5. The fourth-order valence-corrected chi connectivity index (χ4v) is 1.38. The topological polar surface area (TPSA) is 66.9 Å². The zero-order chi connectivity index (χ0) is 9.38. The van der Waals surface area contributed by atoms with Gasteiger partial charge in [-0.2, -0.15) is 0 Å². The standard InChI is InChI=1S/C8H8N4O2/c1-2-6-7(14-4-13-6)3-5(1)8-9-11-12-10-8/h1-3,11-12H,4H2,(H,9,10). The van der Waals surface area contributed by atoms with Crippen molar-refractivity contribution < 1.29 is 9.47 Å². The lowest BCUT2D eigenvalue weighted by molar-refractivity contribution is 0.174. The highest BCUT2D eigenvalue weighted by atomic mass is 16.7. The molecule has 0 saturated heterocycles. The first kappa shape index (κ1) is 7.45. The Hall–Kier alpha value is -1.95. The lowest BCUT2D eigenvalue weighted by atomic mass is 10.2. The van der Waals surface area contributed by atoms with Gasteiger partial charge in [-0.15, -0.1) is 10.6 Å². The van der Waals surface area contributed by atoms with Gasteiger partial charge in [0.25, 0.3) is 0 Å². The Bertz CT molecular complexity index is 404. The van der Waals surface area contributed by atoms with E-state index in [9.17, 15) is 0 Å². The molecule has 6 heteroatoms. The van der Waals surface area contributed by atoms with Crippen LogP contribution in [0.4, 0.5) is 0 Å². The van der Waals surface area contributed by atoms with Gasteiger partial charge in [0.2, 0.25) is 6.79 Å². The highest BCUT2D eigenvalue weighted by Crippen LogP contribution is 2.32. The number of fused-ring (bicyclic) bond motifs is 1. The smallest absolute Gasteiger partial charge is 0.231 e. The van der Waals surface area contributed by atoms with E-state index < -0.39 is 0 Å². The average Bonchev–Trinajstić information content (AvgIpc) is 2.88. The van der Waals surface area contributed by atoms with Crippen LogP contribution in [0, 0.1) is 0 Å². The van der Waals surface area contributed by atoms with Gasteiger partial charge in [0.15, 0.2) is 17.3 Å². The zero-order valence-corrected chi connectivity index (χ0v) is 7.20. The van der Waals surface area contributed by atoms with Crippen molar-refractivity contribution in [1.82, 2.24) is 16.5 Å². The number of rotatable bonds is 1. The van der Waals surface area contributed by atoms with Crippen molar-refractivity contribution in [2.75, 3.05) is 6.79 Å². The molecular weight excluding hydrogens is 184 g/mol. The molecule has 0 fully saturated rings. The van der Waals surface area contributed by atoms with Gasteiger partial charge >= 0.3 is 0 Å². The van der Waals surface area contributed by atoms with Gasteiger partial charge in [-0.25, -0.2) is 5.53 Å². The van der Waals surface area contributed by atoms with Crippen molar-refractivity contribution >= 4 is 5.84 Å². The second kappa shape index (κ2) is 2.78. The van der Waals surface area contributed by atoms with Crippen LogP contribution < -0.4 is 26.0 Å². The van der Waals surface area contributed by atoms with E-state index >= 15 is 0 Å². The van der Waals surface area contributed by atoms with Gasteiger partial charge in [0.1, 0.15) is 0 Å². The van der Waals surface area contributed by atoms with Crippen LogP contribution in [-0.2, 0) is 0 Å². The third kappa shape index (κ3) is 1.05. The number of hydrogen-bond donors (Lipinski definition) is 3. The van der Waals surface area contributed by atoms with E-state index in [1.54, 1.807) is 0 Å². The number of hydrazone groups is 1. The van der Waals surface area contributed by atoms with Crippen molar-refractivity contribution in [1.29, 1.82) is 0 Å². The molecule has 0 unspecified atom stereocenters. The molecule has 0 aliphatic carbocycles. The summed E-state index contributed by atoms with van der Waals surface area (Å²) in [6, 6.07) is 5.65. The first-order valence-electron chi connectivity index (χ1n) is 4.17. The third-order valence-electron chi connectivity index (χ3n) is 2.05. The molecule has 72 valence electrons. The Morgan fingerprint density at radius 2 is 2.14 bits per heavy atom. The maximum Gasteiger partial charge on any atom is 0.231 e.